The average molecular weight is 336 g/mol. The Labute approximate surface area is 144 Å². The molecule has 0 atom stereocenters. The Morgan fingerprint density at radius 3 is 2.52 bits per heavy atom. The van der Waals surface area contributed by atoms with Crippen LogP contribution in [0.3, 0.4) is 0 Å². The zero-order chi connectivity index (χ0) is 18.0. The van der Waals surface area contributed by atoms with Crippen molar-refractivity contribution in [2.45, 2.75) is 19.8 Å². The minimum atomic E-state index is -0.575. The van der Waals surface area contributed by atoms with E-state index in [1.807, 2.05) is 24.3 Å². The molecular formula is C19H16N2O4. The minimum absolute atomic E-state index is 0.0683. The number of ether oxygens (including phenoxy) is 1. The quantitative estimate of drug-likeness (QED) is 0.365. The van der Waals surface area contributed by atoms with Crippen molar-refractivity contribution >= 4 is 23.6 Å². The number of aliphatic imine (C=N–C) groups is 1. The lowest BCUT2D eigenvalue weighted by molar-refractivity contribution is -0.384. The summed E-state index contributed by atoms with van der Waals surface area (Å²) in [6, 6.07) is 13.7. The van der Waals surface area contributed by atoms with Crippen LogP contribution >= 0.6 is 0 Å². The molecule has 0 bridgehead atoms. The largest absolute Gasteiger partial charge is 0.402 e. The first-order chi connectivity index (χ1) is 11.9. The third kappa shape index (κ3) is 3.63. The monoisotopic (exact) mass is 336 g/mol. The Hall–Kier alpha value is -3.28. The van der Waals surface area contributed by atoms with Gasteiger partial charge in [-0.3, -0.25) is 10.1 Å². The first-order valence-corrected chi connectivity index (χ1v) is 7.81. The zero-order valence-electron chi connectivity index (χ0n) is 13.8. The van der Waals surface area contributed by atoms with E-state index in [1.54, 1.807) is 12.1 Å². The summed E-state index contributed by atoms with van der Waals surface area (Å²) in [5.74, 6) is -0.0789. The highest BCUT2D eigenvalue weighted by molar-refractivity contribution is 6.13. The van der Waals surface area contributed by atoms with Gasteiger partial charge in [-0.2, -0.15) is 0 Å². The molecule has 3 rings (SSSR count). The van der Waals surface area contributed by atoms with Gasteiger partial charge in [-0.15, -0.1) is 0 Å². The molecule has 0 spiro atoms. The molecule has 1 aliphatic heterocycles. The van der Waals surface area contributed by atoms with Crippen LogP contribution in [0, 0.1) is 10.1 Å². The summed E-state index contributed by atoms with van der Waals surface area (Å²) in [6.07, 6.45) is 1.64. The first kappa shape index (κ1) is 16.6. The fraction of sp³-hybridized carbons (Fsp3) is 0.158. The Morgan fingerprint density at radius 1 is 1.16 bits per heavy atom. The summed E-state index contributed by atoms with van der Waals surface area (Å²) in [7, 11) is 0. The summed E-state index contributed by atoms with van der Waals surface area (Å²) in [5, 5.41) is 10.9. The van der Waals surface area contributed by atoms with Gasteiger partial charge in [0.2, 0.25) is 5.90 Å². The molecule has 0 amide bonds. The van der Waals surface area contributed by atoms with Crippen LogP contribution in [0.2, 0.25) is 0 Å². The van der Waals surface area contributed by atoms with Crippen LogP contribution in [0.4, 0.5) is 5.69 Å². The van der Waals surface area contributed by atoms with Crippen LogP contribution in [0.5, 0.6) is 0 Å². The van der Waals surface area contributed by atoms with Crippen LogP contribution in [0.25, 0.3) is 6.08 Å². The summed E-state index contributed by atoms with van der Waals surface area (Å²) in [5.41, 5.74) is 2.51. The second-order valence-electron chi connectivity index (χ2n) is 5.96. The third-order valence-corrected chi connectivity index (χ3v) is 3.83. The van der Waals surface area contributed by atoms with Gasteiger partial charge in [0.15, 0.2) is 5.70 Å². The Morgan fingerprint density at radius 2 is 1.88 bits per heavy atom. The number of nitro groups is 1. The van der Waals surface area contributed by atoms with Crippen molar-refractivity contribution in [3.8, 4) is 0 Å². The molecule has 0 unspecified atom stereocenters. The average Bonchev–Trinajstić information content (AvgIpc) is 2.96. The predicted molar refractivity (Wildman–Crippen MR) is 94.2 cm³/mol. The molecule has 6 nitrogen and oxygen atoms in total. The molecule has 0 fully saturated rings. The number of non-ortho nitro benzene ring substituents is 1. The van der Waals surface area contributed by atoms with E-state index in [2.05, 4.69) is 18.8 Å². The highest BCUT2D eigenvalue weighted by Gasteiger charge is 2.25. The van der Waals surface area contributed by atoms with Crippen molar-refractivity contribution in [1.82, 2.24) is 0 Å². The zero-order valence-corrected chi connectivity index (χ0v) is 13.8. The summed E-state index contributed by atoms with van der Waals surface area (Å²) in [4.78, 5) is 26.5. The van der Waals surface area contributed by atoms with Gasteiger partial charge in [0.1, 0.15) is 0 Å². The second kappa shape index (κ2) is 6.68. The SMILES string of the molecule is CC(C)c1ccc(/C=C2/N=C(c3cccc([N+](=O)[O-])c3)OC2=O)cc1. The Balaban J connectivity index is 1.89. The van der Waals surface area contributed by atoms with E-state index in [0.29, 0.717) is 11.5 Å². The molecule has 1 heterocycles. The van der Waals surface area contributed by atoms with Crippen molar-refractivity contribution in [3.63, 3.8) is 0 Å². The van der Waals surface area contributed by atoms with E-state index >= 15 is 0 Å². The van der Waals surface area contributed by atoms with Gasteiger partial charge in [-0.25, -0.2) is 9.79 Å². The number of nitrogens with zero attached hydrogens (tertiary/aromatic N) is 2. The fourth-order valence-electron chi connectivity index (χ4n) is 2.42. The lowest BCUT2D eigenvalue weighted by atomic mass is 10.0. The molecule has 0 saturated carbocycles. The Kier molecular flexibility index (Phi) is 4.43. The normalized spacial score (nSPS) is 15.4. The van der Waals surface area contributed by atoms with Gasteiger partial charge >= 0.3 is 5.97 Å². The second-order valence-corrected chi connectivity index (χ2v) is 5.96. The van der Waals surface area contributed by atoms with E-state index in [9.17, 15) is 14.9 Å². The molecular weight excluding hydrogens is 320 g/mol. The van der Waals surface area contributed by atoms with E-state index in [4.69, 9.17) is 4.74 Å². The highest BCUT2D eigenvalue weighted by Crippen LogP contribution is 2.22. The smallest absolute Gasteiger partial charge is 0.363 e. The Bertz CT molecular complexity index is 896. The van der Waals surface area contributed by atoms with Crippen molar-refractivity contribution in [3.05, 3.63) is 81.0 Å². The van der Waals surface area contributed by atoms with Gasteiger partial charge in [0, 0.05) is 17.7 Å². The first-order valence-electron chi connectivity index (χ1n) is 7.81. The van der Waals surface area contributed by atoms with Gasteiger partial charge in [-0.05, 0) is 29.2 Å². The molecule has 25 heavy (non-hydrogen) atoms. The number of nitro benzene ring substituents is 1. The number of hydrogen-bond acceptors (Lipinski definition) is 5. The van der Waals surface area contributed by atoms with Crippen molar-refractivity contribution < 1.29 is 14.5 Å². The number of esters is 1. The van der Waals surface area contributed by atoms with Crippen molar-refractivity contribution in [2.24, 2.45) is 4.99 Å². The van der Waals surface area contributed by atoms with Crippen LogP contribution in [-0.2, 0) is 9.53 Å². The van der Waals surface area contributed by atoms with E-state index in [1.165, 1.54) is 23.8 Å². The number of carbonyl (C=O) groups excluding carboxylic acids is 1. The van der Waals surface area contributed by atoms with Gasteiger partial charge in [0.25, 0.3) is 5.69 Å². The van der Waals surface area contributed by atoms with Crippen LogP contribution < -0.4 is 0 Å². The van der Waals surface area contributed by atoms with E-state index in [0.717, 1.165) is 5.56 Å². The van der Waals surface area contributed by atoms with Crippen LogP contribution in [0.15, 0.2) is 59.2 Å². The van der Waals surface area contributed by atoms with Gasteiger partial charge in [-0.1, -0.05) is 44.2 Å². The van der Waals surface area contributed by atoms with Gasteiger partial charge < -0.3 is 4.74 Å². The lowest BCUT2D eigenvalue weighted by Gasteiger charge is -2.04. The maximum absolute atomic E-state index is 12.0. The third-order valence-electron chi connectivity index (χ3n) is 3.83. The summed E-state index contributed by atoms with van der Waals surface area (Å²) < 4.78 is 5.15. The number of cyclic esters (lactones) is 1. The summed E-state index contributed by atoms with van der Waals surface area (Å²) in [6.45, 7) is 4.22. The van der Waals surface area contributed by atoms with E-state index < -0.39 is 10.9 Å². The standard InChI is InChI=1S/C19H16N2O4/c1-12(2)14-8-6-13(7-9-14)10-17-19(22)25-18(20-17)15-4-3-5-16(11-15)21(23)24/h3-12H,1-2H3/b17-10+. The minimum Gasteiger partial charge on any atom is -0.402 e. The lowest BCUT2D eigenvalue weighted by Crippen LogP contribution is -2.05. The van der Waals surface area contributed by atoms with Gasteiger partial charge in [0.05, 0.1) is 4.92 Å². The van der Waals surface area contributed by atoms with E-state index in [-0.39, 0.29) is 17.3 Å². The number of rotatable bonds is 4. The van der Waals surface area contributed by atoms with Crippen molar-refractivity contribution in [2.75, 3.05) is 0 Å². The molecule has 0 saturated heterocycles. The molecule has 6 heteroatoms. The topological polar surface area (TPSA) is 81.8 Å². The van der Waals surface area contributed by atoms with Crippen LogP contribution in [-0.4, -0.2) is 16.8 Å². The molecule has 1 aliphatic rings. The molecule has 0 N–H and O–H groups in total. The fourth-order valence-corrected chi connectivity index (χ4v) is 2.42. The number of carbonyl (C=O) groups is 1. The van der Waals surface area contributed by atoms with Crippen LogP contribution in [0.1, 0.15) is 36.5 Å². The number of hydrogen-bond donors (Lipinski definition) is 0. The molecule has 0 radical (unpaired) electrons. The highest BCUT2D eigenvalue weighted by atomic mass is 16.6. The predicted octanol–water partition coefficient (Wildman–Crippen LogP) is 4.06. The number of benzene rings is 2. The molecule has 2 aromatic carbocycles. The maximum Gasteiger partial charge on any atom is 0.363 e. The molecule has 126 valence electrons. The summed E-state index contributed by atoms with van der Waals surface area (Å²) >= 11 is 0. The van der Waals surface area contributed by atoms with Crippen molar-refractivity contribution in [1.29, 1.82) is 0 Å². The maximum atomic E-state index is 12.0. The molecule has 2 aromatic rings. The molecule has 0 aliphatic carbocycles. The molecule has 0 aromatic heterocycles.